The number of amidine groups is 1. The van der Waals surface area contributed by atoms with Crippen LogP contribution in [-0.4, -0.2) is 73.4 Å². The highest BCUT2D eigenvalue weighted by Gasteiger charge is 2.14. The van der Waals surface area contributed by atoms with Gasteiger partial charge in [-0.2, -0.15) is 0 Å². The molecule has 0 radical (unpaired) electrons. The van der Waals surface area contributed by atoms with E-state index in [0.717, 1.165) is 45.6 Å². The minimum Gasteiger partial charge on any atom is -0.326 e. The Bertz CT molecular complexity index is 694. The summed E-state index contributed by atoms with van der Waals surface area (Å²) in [6.45, 7) is 10.9. The van der Waals surface area contributed by atoms with Gasteiger partial charge in [-0.3, -0.25) is 15.1 Å². The van der Waals surface area contributed by atoms with Gasteiger partial charge in [0.15, 0.2) is 0 Å². The van der Waals surface area contributed by atoms with Gasteiger partial charge in [0.25, 0.3) is 0 Å². The van der Waals surface area contributed by atoms with Crippen LogP contribution in [0.1, 0.15) is 33.6 Å². The van der Waals surface area contributed by atoms with Crippen molar-refractivity contribution in [2.75, 3.05) is 50.4 Å². The summed E-state index contributed by atoms with van der Waals surface area (Å²) in [6, 6.07) is 6.79. The fourth-order valence-electron chi connectivity index (χ4n) is 3.15. The number of piperazine rings is 1. The minimum atomic E-state index is -0.309. The quantitative estimate of drug-likeness (QED) is 0.483. The zero-order chi connectivity index (χ0) is 21.2. The van der Waals surface area contributed by atoms with Crippen LogP contribution in [0.3, 0.4) is 0 Å². The molecular formula is C21H34N6O2. The van der Waals surface area contributed by atoms with Gasteiger partial charge < -0.3 is 20.4 Å². The molecule has 0 bridgehead atoms. The molecule has 160 valence electrons. The molecule has 0 aromatic heterocycles. The van der Waals surface area contributed by atoms with E-state index in [1.165, 1.54) is 6.92 Å². The van der Waals surface area contributed by atoms with Gasteiger partial charge in [0.1, 0.15) is 5.84 Å². The average Bonchev–Trinajstić information content (AvgIpc) is 2.64. The lowest BCUT2D eigenvalue weighted by Crippen LogP contribution is -2.45. The van der Waals surface area contributed by atoms with Crippen LogP contribution in [0.5, 0.6) is 0 Å². The zero-order valence-corrected chi connectivity index (χ0v) is 18.0. The molecule has 0 spiro atoms. The van der Waals surface area contributed by atoms with Gasteiger partial charge in [-0.25, -0.2) is 4.79 Å². The van der Waals surface area contributed by atoms with E-state index in [0.29, 0.717) is 17.2 Å². The molecule has 1 saturated heterocycles. The van der Waals surface area contributed by atoms with Gasteiger partial charge in [0.05, 0.1) is 0 Å². The molecule has 1 aliphatic heterocycles. The van der Waals surface area contributed by atoms with Crippen LogP contribution >= 0.6 is 0 Å². The molecule has 1 fully saturated rings. The lowest BCUT2D eigenvalue weighted by Gasteiger charge is -2.32. The number of carbonyl (C=O) groups is 2. The monoisotopic (exact) mass is 402 g/mol. The Balaban J connectivity index is 1.82. The lowest BCUT2D eigenvalue weighted by atomic mass is 10.2. The third kappa shape index (κ3) is 9.06. The average molecular weight is 403 g/mol. The molecule has 1 heterocycles. The summed E-state index contributed by atoms with van der Waals surface area (Å²) < 4.78 is 0. The van der Waals surface area contributed by atoms with E-state index < -0.39 is 0 Å². The maximum Gasteiger partial charge on any atom is 0.324 e. The van der Waals surface area contributed by atoms with Crippen molar-refractivity contribution in [2.45, 2.75) is 39.7 Å². The summed E-state index contributed by atoms with van der Waals surface area (Å²) in [4.78, 5) is 32.8. The van der Waals surface area contributed by atoms with Gasteiger partial charge in [0.2, 0.25) is 5.91 Å². The number of benzene rings is 1. The fraction of sp³-hybridized carbons (Fsp3) is 0.571. The number of likely N-dealkylation sites (N-methyl/N-ethyl adjacent to an activating group) is 1. The second-order valence-electron chi connectivity index (χ2n) is 7.76. The number of anilines is 2. The van der Waals surface area contributed by atoms with Crippen molar-refractivity contribution < 1.29 is 9.59 Å². The molecule has 8 heteroatoms. The van der Waals surface area contributed by atoms with Crippen LogP contribution in [0.15, 0.2) is 29.3 Å². The van der Waals surface area contributed by atoms with Crippen LogP contribution in [0.4, 0.5) is 16.2 Å². The van der Waals surface area contributed by atoms with Crippen LogP contribution in [-0.2, 0) is 4.79 Å². The van der Waals surface area contributed by atoms with Gasteiger partial charge in [-0.1, -0.05) is 0 Å². The van der Waals surface area contributed by atoms with Gasteiger partial charge in [-0.15, -0.1) is 0 Å². The number of carbonyl (C=O) groups excluding carboxylic acids is 2. The van der Waals surface area contributed by atoms with E-state index in [-0.39, 0.29) is 18.0 Å². The fourth-order valence-corrected chi connectivity index (χ4v) is 3.15. The first-order chi connectivity index (χ1) is 13.8. The van der Waals surface area contributed by atoms with Crippen LogP contribution < -0.4 is 16.0 Å². The Morgan fingerprint density at radius 3 is 2.17 bits per heavy atom. The molecule has 1 aliphatic rings. The summed E-state index contributed by atoms with van der Waals surface area (Å²) in [5.41, 5.74) is 1.34. The maximum atomic E-state index is 12.4. The van der Waals surface area contributed by atoms with E-state index in [2.05, 4.69) is 37.8 Å². The highest BCUT2D eigenvalue weighted by molar-refractivity contribution is 6.03. The summed E-state index contributed by atoms with van der Waals surface area (Å²) in [5, 5.41) is 8.40. The first kappa shape index (κ1) is 22.8. The predicted molar refractivity (Wildman–Crippen MR) is 119 cm³/mol. The van der Waals surface area contributed by atoms with E-state index in [4.69, 9.17) is 0 Å². The van der Waals surface area contributed by atoms with Crippen molar-refractivity contribution >= 4 is 29.1 Å². The summed E-state index contributed by atoms with van der Waals surface area (Å²) >= 11 is 0. The third-order valence-corrected chi connectivity index (χ3v) is 4.62. The highest BCUT2D eigenvalue weighted by atomic mass is 16.2. The van der Waals surface area contributed by atoms with Crippen molar-refractivity contribution in [3.63, 3.8) is 0 Å². The number of hydrogen-bond acceptors (Lipinski definition) is 5. The lowest BCUT2D eigenvalue weighted by molar-refractivity contribution is -0.114. The molecule has 8 nitrogen and oxygen atoms in total. The molecule has 3 amide bonds. The number of urea groups is 1. The molecule has 1 aromatic carbocycles. The van der Waals surface area contributed by atoms with Crippen molar-refractivity contribution in [3.8, 4) is 0 Å². The second kappa shape index (κ2) is 11.5. The summed E-state index contributed by atoms with van der Waals surface area (Å²) in [5.74, 6) is 0.580. The Morgan fingerprint density at radius 1 is 1.03 bits per heavy atom. The number of rotatable bonds is 7. The Kier molecular flexibility index (Phi) is 9.08. The number of amides is 3. The zero-order valence-electron chi connectivity index (χ0n) is 18.0. The topological polar surface area (TPSA) is 89.1 Å². The molecule has 3 N–H and O–H groups in total. The van der Waals surface area contributed by atoms with Crippen LogP contribution in [0.25, 0.3) is 0 Å². The SMILES string of the molecule is CC(=O)Nc1ccc(NC(=O)NC(CCCN2CCN(C)CC2)=NC(C)C)cc1. The van der Waals surface area contributed by atoms with Crippen LogP contribution in [0, 0.1) is 0 Å². The largest absolute Gasteiger partial charge is 0.326 e. The van der Waals surface area contributed by atoms with Crippen molar-refractivity contribution in [1.29, 1.82) is 0 Å². The normalized spacial score (nSPS) is 16.0. The molecule has 0 unspecified atom stereocenters. The van der Waals surface area contributed by atoms with Crippen molar-refractivity contribution in [2.24, 2.45) is 4.99 Å². The molecule has 1 aromatic rings. The first-order valence-corrected chi connectivity index (χ1v) is 10.2. The second-order valence-corrected chi connectivity index (χ2v) is 7.76. The Hall–Kier alpha value is -2.45. The van der Waals surface area contributed by atoms with Gasteiger partial charge in [-0.05, 0) is 58.1 Å². The number of hydrogen-bond donors (Lipinski definition) is 3. The maximum absolute atomic E-state index is 12.4. The minimum absolute atomic E-state index is 0.117. The molecule has 2 rings (SSSR count). The highest BCUT2D eigenvalue weighted by Crippen LogP contribution is 2.13. The smallest absolute Gasteiger partial charge is 0.324 e. The number of nitrogens with zero attached hydrogens (tertiary/aromatic N) is 3. The van der Waals surface area contributed by atoms with E-state index in [9.17, 15) is 9.59 Å². The summed E-state index contributed by atoms with van der Waals surface area (Å²) in [7, 11) is 2.15. The van der Waals surface area contributed by atoms with Crippen LogP contribution in [0.2, 0.25) is 0 Å². The molecule has 0 atom stereocenters. The van der Waals surface area contributed by atoms with E-state index >= 15 is 0 Å². The number of nitrogens with one attached hydrogen (secondary N) is 3. The molecule has 29 heavy (non-hydrogen) atoms. The van der Waals surface area contributed by atoms with Gasteiger partial charge in [0, 0.05) is 56.9 Å². The van der Waals surface area contributed by atoms with Crippen molar-refractivity contribution in [1.82, 2.24) is 15.1 Å². The third-order valence-electron chi connectivity index (χ3n) is 4.62. The van der Waals surface area contributed by atoms with E-state index in [1.54, 1.807) is 24.3 Å². The Labute approximate surface area is 173 Å². The molecule has 0 aliphatic carbocycles. The summed E-state index contributed by atoms with van der Waals surface area (Å²) in [6.07, 6.45) is 1.69. The standard InChI is InChI=1S/C21H34N6O2/c1-16(2)22-20(6-5-11-27-14-12-26(4)13-15-27)25-21(29)24-19-9-7-18(8-10-19)23-17(3)28/h7-10,16H,5-6,11-15H2,1-4H3,(H,23,28)(H2,22,24,25,29). The van der Waals surface area contributed by atoms with Gasteiger partial charge >= 0.3 is 6.03 Å². The Morgan fingerprint density at radius 2 is 1.62 bits per heavy atom. The van der Waals surface area contributed by atoms with Crippen molar-refractivity contribution in [3.05, 3.63) is 24.3 Å². The molecular weight excluding hydrogens is 368 g/mol. The molecule has 0 saturated carbocycles. The number of aliphatic imine (C=N–C) groups is 1. The van der Waals surface area contributed by atoms with E-state index in [1.807, 2.05) is 13.8 Å². The predicted octanol–water partition coefficient (Wildman–Crippen LogP) is 2.60. The first-order valence-electron chi connectivity index (χ1n) is 10.2.